The maximum absolute atomic E-state index is 10.7. The summed E-state index contributed by atoms with van der Waals surface area (Å²) in [5.74, 6) is 0. The third kappa shape index (κ3) is 7.77. The highest BCUT2D eigenvalue weighted by Gasteiger charge is 2.19. The minimum absolute atomic E-state index is 0.175. The minimum Gasteiger partial charge on any atom is -0.435 e. The van der Waals surface area contributed by atoms with Gasteiger partial charge in [-0.25, -0.2) is 4.79 Å². The van der Waals surface area contributed by atoms with Gasteiger partial charge in [-0.3, -0.25) is 9.09 Å². The van der Waals surface area contributed by atoms with Gasteiger partial charge in [0, 0.05) is 6.66 Å². The van der Waals surface area contributed by atoms with Gasteiger partial charge in [-0.15, -0.1) is 0 Å². The summed E-state index contributed by atoms with van der Waals surface area (Å²) in [6.07, 6.45) is -2.02. The summed E-state index contributed by atoms with van der Waals surface area (Å²) in [6, 6.07) is 0. The lowest BCUT2D eigenvalue weighted by Gasteiger charge is -2.14. The van der Waals surface area contributed by atoms with Crippen molar-refractivity contribution in [2.24, 2.45) is 0 Å². The molecular formula is C6H13O6P. The molecule has 0 aliphatic carbocycles. The number of hydrogen-bond acceptors (Lipinski definition) is 5. The molecule has 0 aromatic carbocycles. The van der Waals surface area contributed by atoms with Gasteiger partial charge in [0.1, 0.15) is 0 Å². The largest absolute Gasteiger partial charge is 0.510 e. The van der Waals surface area contributed by atoms with Crippen LogP contribution in [0.4, 0.5) is 4.79 Å². The van der Waals surface area contributed by atoms with Crippen molar-refractivity contribution in [2.45, 2.75) is 20.1 Å². The Hall–Kier alpha value is -0.580. The van der Waals surface area contributed by atoms with Crippen LogP contribution in [0.15, 0.2) is 0 Å². The summed E-state index contributed by atoms with van der Waals surface area (Å²) in [5.41, 5.74) is 0. The van der Waals surface area contributed by atoms with Crippen LogP contribution >= 0.6 is 7.60 Å². The van der Waals surface area contributed by atoms with Gasteiger partial charge < -0.3 is 14.4 Å². The Labute approximate surface area is 76.3 Å². The fourth-order valence-electron chi connectivity index (χ4n) is 0.584. The van der Waals surface area contributed by atoms with Gasteiger partial charge in [-0.1, -0.05) is 0 Å². The molecule has 0 heterocycles. The van der Waals surface area contributed by atoms with E-state index in [1.807, 2.05) is 0 Å². The van der Waals surface area contributed by atoms with E-state index in [4.69, 9.17) is 4.89 Å². The van der Waals surface area contributed by atoms with Crippen LogP contribution in [0.25, 0.3) is 0 Å². The van der Waals surface area contributed by atoms with Gasteiger partial charge in [-0.2, -0.15) is 0 Å². The lowest BCUT2D eigenvalue weighted by molar-refractivity contribution is -0.0550. The van der Waals surface area contributed by atoms with E-state index in [1.165, 1.54) is 6.92 Å². The second-order valence-corrected chi connectivity index (χ2v) is 4.09. The Kier molecular flexibility index (Phi) is 4.98. The maximum Gasteiger partial charge on any atom is 0.510 e. The zero-order chi connectivity index (χ0) is 10.5. The van der Waals surface area contributed by atoms with Crippen LogP contribution in [0.2, 0.25) is 0 Å². The van der Waals surface area contributed by atoms with Crippen LogP contribution in [-0.4, -0.2) is 30.6 Å². The average molecular weight is 212 g/mol. The molecule has 0 aliphatic rings. The van der Waals surface area contributed by atoms with Crippen LogP contribution in [0.5, 0.6) is 0 Å². The zero-order valence-electron chi connectivity index (χ0n) is 7.72. The SMILES string of the molecule is CCOC(=O)OC(C)OP(C)(=O)O. The smallest absolute Gasteiger partial charge is 0.435 e. The molecule has 0 rings (SSSR count). The van der Waals surface area contributed by atoms with Crippen molar-refractivity contribution < 1.29 is 28.3 Å². The molecule has 0 aromatic heterocycles. The number of rotatable bonds is 4. The first-order chi connectivity index (χ1) is 5.85. The molecule has 7 heteroatoms. The molecule has 0 aromatic rings. The number of carbonyl (C=O) groups excluding carboxylic acids is 1. The number of carbonyl (C=O) groups is 1. The van der Waals surface area contributed by atoms with E-state index in [2.05, 4.69) is 14.0 Å². The monoisotopic (exact) mass is 212 g/mol. The van der Waals surface area contributed by atoms with Gasteiger partial charge in [0.05, 0.1) is 6.61 Å². The minimum atomic E-state index is -3.63. The zero-order valence-corrected chi connectivity index (χ0v) is 8.61. The standard InChI is InChI=1S/C6H13O6P/c1-4-10-6(7)11-5(2)12-13(3,8)9/h5H,4H2,1-3H3,(H,8,9). The topological polar surface area (TPSA) is 82.1 Å². The van der Waals surface area contributed by atoms with Gasteiger partial charge in [-0.05, 0) is 13.8 Å². The van der Waals surface area contributed by atoms with Crippen LogP contribution in [0.3, 0.4) is 0 Å². The van der Waals surface area contributed by atoms with Crippen molar-refractivity contribution in [1.82, 2.24) is 0 Å². The van der Waals surface area contributed by atoms with Crippen molar-refractivity contribution in [2.75, 3.05) is 13.3 Å². The van der Waals surface area contributed by atoms with Crippen molar-refractivity contribution in [3.8, 4) is 0 Å². The molecule has 0 aliphatic heterocycles. The van der Waals surface area contributed by atoms with E-state index in [0.717, 1.165) is 6.66 Å². The van der Waals surface area contributed by atoms with Gasteiger partial charge in [0.15, 0.2) is 0 Å². The van der Waals surface area contributed by atoms with E-state index >= 15 is 0 Å². The van der Waals surface area contributed by atoms with Crippen molar-refractivity contribution >= 4 is 13.8 Å². The average Bonchev–Trinajstić information content (AvgIpc) is 1.81. The van der Waals surface area contributed by atoms with Crippen LogP contribution < -0.4 is 0 Å². The summed E-state index contributed by atoms with van der Waals surface area (Å²) in [7, 11) is -3.63. The lowest BCUT2D eigenvalue weighted by atomic mass is 10.8. The quantitative estimate of drug-likeness (QED) is 0.430. The molecule has 0 spiro atoms. The molecule has 2 unspecified atom stereocenters. The highest BCUT2D eigenvalue weighted by atomic mass is 31.2. The molecule has 0 radical (unpaired) electrons. The summed E-state index contributed by atoms with van der Waals surface area (Å²) in [4.78, 5) is 19.4. The molecule has 1 N–H and O–H groups in total. The van der Waals surface area contributed by atoms with E-state index in [-0.39, 0.29) is 6.61 Å². The predicted octanol–water partition coefficient (Wildman–Crippen LogP) is 1.34. The highest BCUT2D eigenvalue weighted by Crippen LogP contribution is 2.38. The lowest BCUT2D eigenvalue weighted by Crippen LogP contribution is -2.17. The third-order valence-electron chi connectivity index (χ3n) is 0.868. The van der Waals surface area contributed by atoms with Crippen LogP contribution in [0.1, 0.15) is 13.8 Å². The van der Waals surface area contributed by atoms with E-state index in [0.29, 0.717) is 0 Å². The third-order valence-corrected chi connectivity index (χ3v) is 1.56. The van der Waals surface area contributed by atoms with Crippen LogP contribution in [0, 0.1) is 0 Å². The van der Waals surface area contributed by atoms with Gasteiger partial charge in [0.25, 0.3) is 0 Å². The molecule has 0 saturated heterocycles. The molecular weight excluding hydrogens is 199 g/mol. The Morgan fingerprint density at radius 3 is 2.54 bits per heavy atom. The van der Waals surface area contributed by atoms with Gasteiger partial charge >= 0.3 is 13.8 Å². The summed E-state index contributed by atoms with van der Waals surface area (Å²) in [5, 5.41) is 0. The molecule has 0 amide bonds. The fraction of sp³-hybridized carbons (Fsp3) is 0.833. The Morgan fingerprint density at radius 1 is 1.62 bits per heavy atom. The summed E-state index contributed by atoms with van der Waals surface area (Å²) >= 11 is 0. The second kappa shape index (κ2) is 5.21. The summed E-state index contributed by atoms with van der Waals surface area (Å²) in [6.45, 7) is 4.11. The maximum atomic E-state index is 10.7. The molecule has 0 fully saturated rings. The predicted molar refractivity (Wildman–Crippen MR) is 44.4 cm³/mol. The molecule has 0 bridgehead atoms. The first kappa shape index (κ1) is 12.4. The van der Waals surface area contributed by atoms with E-state index < -0.39 is 20.0 Å². The first-order valence-corrected chi connectivity index (χ1v) is 5.69. The van der Waals surface area contributed by atoms with E-state index in [1.54, 1.807) is 6.92 Å². The first-order valence-electron chi connectivity index (χ1n) is 3.67. The Morgan fingerprint density at radius 2 is 2.15 bits per heavy atom. The number of hydrogen-bond donors (Lipinski definition) is 1. The van der Waals surface area contributed by atoms with Crippen molar-refractivity contribution in [3.05, 3.63) is 0 Å². The normalized spacial score (nSPS) is 17.2. The highest BCUT2D eigenvalue weighted by molar-refractivity contribution is 7.51. The Bertz CT molecular complexity index is 209. The molecule has 6 nitrogen and oxygen atoms in total. The van der Waals surface area contributed by atoms with Crippen LogP contribution in [-0.2, 0) is 18.6 Å². The molecule has 2 atom stereocenters. The molecule has 78 valence electrons. The molecule has 0 saturated carbocycles. The Balaban J connectivity index is 3.81. The van der Waals surface area contributed by atoms with Crippen molar-refractivity contribution in [1.29, 1.82) is 0 Å². The summed E-state index contributed by atoms with van der Waals surface area (Å²) < 4.78 is 24.0. The second-order valence-electron chi connectivity index (χ2n) is 2.28. The number of ether oxygens (including phenoxy) is 2. The van der Waals surface area contributed by atoms with Crippen molar-refractivity contribution in [3.63, 3.8) is 0 Å². The fourth-order valence-corrected chi connectivity index (χ4v) is 1.18. The van der Waals surface area contributed by atoms with Gasteiger partial charge in [0.2, 0.25) is 6.29 Å². The van der Waals surface area contributed by atoms with E-state index in [9.17, 15) is 9.36 Å². The molecule has 13 heavy (non-hydrogen) atoms.